The molecule has 3 heterocycles. The molecule has 1 atom stereocenters. The average Bonchev–Trinajstić information content (AvgIpc) is 2.48. The van der Waals surface area contributed by atoms with Crippen LogP contribution in [0.5, 0.6) is 5.75 Å². The van der Waals surface area contributed by atoms with Crippen LogP contribution in [-0.2, 0) is 9.53 Å². The molecule has 3 aliphatic heterocycles. The summed E-state index contributed by atoms with van der Waals surface area (Å²) in [5.74, 6) is 0.995. The van der Waals surface area contributed by atoms with Crippen LogP contribution in [0.4, 0.5) is 0 Å². The fraction of sp³-hybridized carbons (Fsp3) is 0.562. The Morgan fingerprint density at radius 3 is 2.55 bits per heavy atom. The maximum absolute atomic E-state index is 11.9. The third kappa shape index (κ3) is 3.12. The highest BCUT2D eigenvalue weighted by atomic mass is 16.6. The van der Waals surface area contributed by atoms with Crippen LogP contribution in [0.3, 0.4) is 0 Å². The lowest BCUT2D eigenvalue weighted by molar-refractivity contribution is -0.161. The van der Waals surface area contributed by atoms with Gasteiger partial charge in [0.25, 0.3) is 0 Å². The molecule has 1 aromatic carbocycles. The largest absolute Gasteiger partial charge is 0.482 e. The lowest BCUT2D eigenvalue weighted by Crippen LogP contribution is -2.52. The quantitative estimate of drug-likeness (QED) is 0.788. The fourth-order valence-electron chi connectivity index (χ4n) is 3.02. The zero-order valence-corrected chi connectivity index (χ0v) is 11.9. The van der Waals surface area contributed by atoms with Crippen molar-refractivity contribution in [2.45, 2.75) is 25.9 Å². The van der Waals surface area contributed by atoms with Crippen LogP contribution < -0.4 is 4.74 Å². The molecule has 0 spiro atoms. The van der Waals surface area contributed by atoms with Crippen molar-refractivity contribution in [3.63, 3.8) is 0 Å². The maximum atomic E-state index is 11.9. The predicted molar refractivity (Wildman–Crippen MR) is 75.7 cm³/mol. The lowest BCUT2D eigenvalue weighted by Gasteiger charge is -2.43. The summed E-state index contributed by atoms with van der Waals surface area (Å²) >= 11 is 0. The Bertz CT molecular complexity index is 463. The Labute approximate surface area is 119 Å². The van der Waals surface area contributed by atoms with Gasteiger partial charge in [0, 0.05) is 6.54 Å². The first-order valence-electron chi connectivity index (χ1n) is 7.32. The van der Waals surface area contributed by atoms with E-state index in [-0.39, 0.29) is 18.7 Å². The number of fused-ring (bicyclic) bond motifs is 3. The SMILES string of the molecule is Cc1ccc(OCC(=O)O[C@@H]2CN3CCC2CC3)cc1. The molecule has 0 aliphatic carbocycles. The zero-order valence-electron chi connectivity index (χ0n) is 11.9. The number of esters is 1. The molecule has 108 valence electrons. The summed E-state index contributed by atoms with van der Waals surface area (Å²) in [5.41, 5.74) is 1.17. The minimum Gasteiger partial charge on any atom is -0.482 e. The monoisotopic (exact) mass is 275 g/mol. The summed E-state index contributed by atoms with van der Waals surface area (Å²) in [7, 11) is 0. The molecule has 20 heavy (non-hydrogen) atoms. The minimum absolute atomic E-state index is 0.00766. The van der Waals surface area contributed by atoms with E-state index in [2.05, 4.69) is 4.90 Å². The molecular formula is C16H21NO3. The fourth-order valence-corrected chi connectivity index (χ4v) is 3.02. The standard InChI is InChI=1S/C16H21NO3/c1-12-2-4-14(5-3-12)19-11-16(18)20-15-10-17-8-6-13(15)7-9-17/h2-5,13,15H,6-11H2,1H3/t15-/m1/s1. The van der Waals surface area contributed by atoms with Crippen molar-refractivity contribution in [2.75, 3.05) is 26.2 Å². The van der Waals surface area contributed by atoms with Gasteiger partial charge in [0.05, 0.1) is 0 Å². The van der Waals surface area contributed by atoms with Gasteiger partial charge in [-0.1, -0.05) is 17.7 Å². The predicted octanol–water partition coefficient (Wildman–Crippen LogP) is 2.01. The van der Waals surface area contributed by atoms with Gasteiger partial charge in [-0.25, -0.2) is 4.79 Å². The molecule has 3 aliphatic rings. The van der Waals surface area contributed by atoms with Crippen LogP contribution >= 0.6 is 0 Å². The van der Waals surface area contributed by atoms with Crippen LogP contribution in [0.15, 0.2) is 24.3 Å². The molecule has 0 radical (unpaired) electrons. The third-order valence-corrected chi connectivity index (χ3v) is 4.26. The highest BCUT2D eigenvalue weighted by Gasteiger charge is 2.36. The molecule has 3 saturated heterocycles. The van der Waals surface area contributed by atoms with Gasteiger partial charge in [0.1, 0.15) is 11.9 Å². The first-order valence-corrected chi connectivity index (χ1v) is 7.32. The van der Waals surface area contributed by atoms with Crippen LogP contribution in [-0.4, -0.2) is 43.2 Å². The summed E-state index contributed by atoms with van der Waals surface area (Å²) in [6.45, 7) is 5.20. The van der Waals surface area contributed by atoms with Gasteiger partial charge in [0.2, 0.25) is 0 Å². The number of piperidine rings is 3. The molecule has 2 bridgehead atoms. The highest BCUT2D eigenvalue weighted by Crippen LogP contribution is 2.29. The van der Waals surface area contributed by atoms with E-state index in [1.54, 1.807) is 0 Å². The zero-order chi connectivity index (χ0) is 13.9. The molecule has 4 heteroatoms. The number of carbonyl (C=O) groups is 1. The Hall–Kier alpha value is -1.55. The van der Waals surface area contributed by atoms with Gasteiger partial charge in [-0.3, -0.25) is 4.90 Å². The van der Waals surface area contributed by atoms with Gasteiger partial charge >= 0.3 is 5.97 Å². The normalized spacial score (nSPS) is 28.1. The van der Waals surface area contributed by atoms with E-state index >= 15 is 0 Å². The lowest BCUT2D eigenvalue weighted by atomic mass is 9.86. The number of rotatable bonds is 4. The van der Waals surface area contributed by atoms with Crippen molar-refractivity contribution in [3.05, 3.63) is 29.8 Å². The Morgan fingerprint density at radius 1 is 1.25 bits per heavy atom. The molecule has 0 saturated carbocycles. The van der Waals surface area contributed by atoms with Crippen molar-refractivity contribution < 1.29 is 14.3 Å². The molecule has 3 fully saturated rings. The van der Waals surface area contributed by atoms with Crippen molar-refractivity contribution in [1.82, 2.24) is 4.90 Å². The van der Waals surface area contributed by atoms with Gasteiger partial charge in [0.15, 0.2) is 6.61 Å². The number of benzene rings is 1. The van der Waals surface area contributed by atoms with E-state index in [0.29, 0.717) is 11.7 Å². The van der Waals surface area contributed by atoms with Crippen molar-refractivity contribution in [1.29, 1.82) is 0 Å². The van der Waals surface area contributed by atoms with E-state index in [9.17, 15) is 4.79 Å². The van der Waals surface area contributed by atoms with Crippen LogP contribution in [0, 0.1) is 12.8 Å². The Balaban J connectivity index is 1.46. The second kappa shape index (κ2) is 5.83. The average molecular weight is 275 g/mol. The molecule has 0 N–H and O–H groups in total. The molecule has 1 aromatic rings. The van der Waals surface area contributed by atoms with Crippen LogP contribution in [0.1, 0.15) is 18.4 Å². The van der Waals surface area contributed by atoms with Crippen molar-refractivity contribution in [2.24, 2.45) is 5.92 Å². The van der Waals surface area contributed by atoms with Gasteiger partial charge in [-0.05, 0) is 50.9 Å². The van der Waals surface area contributed by atoms with Crippen LogP contribution in [0.25, 0.3) is 0 Å². The Morgan fingerprint density at radius 2 is 1.95 bits per heavy atom. The number of hydrogen-bond donors (Lipinski definition) is 0. The minimum atomic E-state index is -0.260. The first kappa shape index (κ1) is 13.4. The first-order chi connectivity index (χ1) is 9.70. The van der Waals surface area contributed by atoms with E-state index in [1.807, 2.05) is 31.2 Å². The van der Waals surface area contributed by atoms with Crippen LogP contribution in [0.2, 0.25) is 0 Å². The van der Waals surface area contributed by atoms with E-state index in [0.717, 1.165) is 32.5 Å². The Kier molecular flexibility index (Phi) is 3.92. The van der Waals surface area contributed by atoms with E-state index < -0.39 is 0 Å². The summed E-state index contributed by atoms with van der Waals surface area (Å²) in [5, 5.41) is 0. The summed E-state index contributed by atoms with van der Waals surface area (Å²) in [6.07, 6.45) is 2.36. The summed E-state index contributed by atoms with van der Waals surface area (Å²) < 4.78 is 11.0. The number of carbonyl (C=O) groups excluding carboxylic acids is 1. The van der Waals surface area contributed by atoms with E-state index in [4.69, 9.17) is 9.47 Å². The molecule has 4 rings (SSSR count). The van der Waals surface area contributed by atoms with Gasteiger partial charge in [-0.15, -0.1) is 0 Å². The summed E-state index contributed by atoms with van der Waals surface area (Å²) in [6, 6.07) is 7.68. The van der Waals surface area contributed by atoms with E-state index in [1.165, 1.54) is 5.56 Å². The summed E-state index contributed by atoms with van der Waals surface area (Å²) in [4.78, 5) is 14.2. The molecule has 0 unspecified atom stereocenters. The number of aryl methyl sites for hydroxylation is 1. The highest BCUT2D eigenvalue weighted by molar-refractivity contribution is 5.71. The second-order valence-electron chi connectivity index (χ2n) is 5.77. The van der Waals surface area contributed by atoms with Gasteiger partial charge < -0.3 is 9.47 Å². The molecule has 0 aromatic heterocycles. The van der Waals surface area contributed by atoms with Gasteiger partial charge in [-0.2, -0.15) is 0 Å². The molecule has 0 amide bonds. The van der Waals surface area contributed by atoms with Crippen molar-refractivity contribution in [3.8, 4) is 5.75 Å². The number of ether oxygens (including phenoxy) is 2. The maximum Gasteiger partial charge on any atom is 0.344 e. The molecule has 4 nitrogen and oxygen atoms in total. The smallest absolute Gasteiger partial charge is 0.344 e. The third-order valence-electron chi connectivity index (χ3n) is 4.26. The number of hydrogen-bond acceptors (Lipinski definition) is 4. The second-order valence-corrected chi connectivity index (χ2v) is 5.77. The number of nitrogens with zero attached hydrogens (tertiary/aromatic N) is 1. The topological polar surface area (TPSA) is 38.8 Å². The molecular weight excluding hydrogens is 254 g/mol. The van der Waals surface area contributed by atoms with Crippen molar-refractivity contribution >= 4 is 5.97 Å².